The number of primary amides is 1. The van der Waals surface area contributed by atoms with Crippen LogP contribution in [-0.2, 0) is 12.8 Å². The monoisotopic (exact) mass is 397 g/mol. The summed E-state index contributed by atoms with van der Waals surface area (Å²) in [4.78, 5) is 25.8. The standard InChI is InChI=1S/C20H19N3O4S/c1-26-14-8-4-2-6-11(14)15-10-13(23-27-15)19(25)22-20-17(18(21)24)12-7-3-5-9-16(12)28-20/h2,4,6,8,10H,3,5,7,9H2,1H3,(H2,21,24)(H,22,25). The second kappa shape index (κ2) is 7.47. The minimum atomic E-state index is -0.524. The van der Waals surface area contributed by atoms with Crippen molar-refractivity contribution >= 4 is 28.2 Å². The van der Waals surface area contributed by atoms with Crippen LogP contribution in [0.25, 0.3) is 11.3 Å². The lowest BCUT2D eigenvalue weighted by molar-refractivity contribution is 0.100. The first kappa shape index (κ1) is 18.2. The highest BCUT2D eigenvalue weighted by molar-refractivity contribution is 7.17. The molecule has 3 aromatic rings. The van der Waals surface area contributed by atoms with Crippen molar-refractivity contribution < 1.29 is 18.8 Å². The summed E-state index contributed by atoms with van der Waals surface area (Å²) in [6, 6.07) is 8.85. The molecule has 1 aliphatic carbocycles. The van der Waals surface area contributed by atoms with Gasteiger partial charge in [0.1, 0.15) is 10.8 Å². The van der Waals surface area contributed by atoms with Gasteiger partial charge in [-0.2, -0.15) is 0 Å². The van der Waals surface area contributed by atoms with E-state index in [-0.39, 0.29) is 5.69 Å². The number of rotatable bonds is 5. The van der Waals surface area contributed by atoms with Crippen LogP contribution < -0.4 is 15.8 Å². The van der Waals surface area contributed by atoms with Crippen LogP contribution in [0.3, 0.4) is 0 Å². The normalized spacial score (nSPS) is 13.0. The molecule has 1 aromatic carbocycles. The summed E-state index contributed by atoms with van der Waals surface area (Å²) < 4.78 is 10.6. The van der Waals surface area contributed by atoms with Gasteiger partial charge in [-0.05, 0) is 43.4 Å². The maximum absolute atomic E-state index is 12.7. The van der Waals surface area contributed by atoms with E-state index in [1.165, 1.54) is 11.3 Å². The average Bonchev–Trinajstić information content (AvgIpc) is 3.32. The van der Waals surface area contributed by atoms with Crippen LogP contribution in [0.2, 0.25) is 0 Å². The van der Waals surface area contributed by atoms with Crippen molar-refractivity contribution in [2.45, 2.75) is 25.7 Å². The molecular formula is C20H19N3O4S. The number of carbonyl (C=O) groups excluding carboxylic acids is 2. The van der Waals surface area contributed by atoms with Crippen LogP contribution in [0.4, 0.5) is 5.00 Å². The quantitative estimate of drug-likeness (QED) is 0.683. The van der Waals surface area contributed by atoms with Crippen LogP contribution in [0.15, 0.2) is 34.9 Å². The zero-order valence-electron chi connectivity index (χ0n) is 15.3. The Kier molecular flexibility index (Phi) is 4.87. The lowest BCUT2D eigenvalue weighted by Crippen LogP contribution is -2.18. The van der Waals surface area contributed by atoms with Crippen molar-refractivity contribution in [3.05, 3.63) is 52.0 Å². The fourth-order valence-corrected chi connectivity index (χ4v) is 4.73. The van der Waals surface area contributed by atoms with E-state index >= 15 is 0 Å². The summed E-state index contributed by atoms with van der Waals surface area (Å²) in [5, 5.41) is 7.13. The van der Waals surface area contributed by atoms with Crippen LogP contribution in [-0.4, -0.2) is 24.1 Å². The Morgan fingerprint density at radius 1 is 1.25 bits per heavy atom. The Hall–Kier alpha value is -3.13. The van der Waals surface area contributed by atoms with E-state index in [1.54, 1.807) is 19.2 Å². The molecule has 8 heteroatoms. The van der Waals surface area contributed by atoms with E-state index in [2.05, 4.69) is 10.5 Å². The summed E-state index contributed by atoms with van der Waals surface area (Å²) in [5.41, 5.74) is 7.77. The fraction of sp³-hybridized carbons (Fsp3) is 0.250. The van der Waals surface area contributed by atoms with Crippen molar-refractivity contribution in [2.24, 2.45) is 5.73 Å². The number of fused-ring (bicyclic) bond motifs is 1. The molecule has 1 aliphatic rings. The van der Waals surface area contributed by atoms with Gasteiger partial charge in [0, 0.05) is 10.9 Å². The molecule has 2 heterocycles. The first-order chi connectivity index (χ1) is 13.6. The summed E-state index contributed by atoms with van der Waals surface area (Å²) in [7, 11) is 1.56. The molecule has 28 heavy (non-hydrogen) atoms. The Morgan fingerprint density at radius 3 is 2.82 bits per heavy atom. The van der Waals surface area contributed by atoms with E-state index in [1.807, 2.05) is 18.2 Å². The number of nitrogens with one attached hydrogen (secondary N) is 1. The molecule has 0 saturated heterocycles. The van der Waals surface area contributed by atoms with Gasteiger partial charge in [-0.15, -0.1) is 11.3 Å². The zero-order chi connectivity index (χ0) is 19.7. The van der Waals surface area contributed by atoms with Gasteiger partial charge >= 0.3 is 0 Å². The van der Waals surface area contributed by atoms with Crippen molar-refractivity contribution in [2.75, 3.05) is 12.4 Å². The Balaban J connectivity index is 1.61. The topological polar surface area (TPSA) is 107 Å². The van der Waals surface area contributed by atoms with E-state index in [0.29, 0.717) is 27.6 Å². The number of nitrogens with two attached hydrogens (primary N) is 1. The third kappa shape index (κ3) is 3.27. The SMILES string of the molecule is COc1ccccc1-c1cc(C(=O)Nc2sc3c(c2C(N)=O)CCCC3)no1. The number of anilines is 1. The zero-order valence-corrected chi connectivity index (χ0v) is 16.1. The van der Waals surface area contributed by atoms with E-state index < -0.39 is 11.8 Å². The van der Waals surface area contributed by atoms with Gasteiger partial charge in [0.15, 0.2) is 11.5 Å². The number of amides is 2. The molecular weight excluding hydrogens is 378 g/mol. The van der Waals surface area contributed by atoms with Crippen molar-refractivity contribution in [1.29, 1.82) is 0 Å². The molecule has 144 valence electrons. The van der Waals surface area contributed by atoms with E-state index in [9.17, 15) is 9.59 Å². The smallest absolute Gasteiger partial charge is 0.278 e. The number of hydrogen-bond acceptors (Lipinski definition) is 6. The molecule has 4 rings (SSSR count). The van der Waals surface area contributed by atoms with Gasteiger partial charge in [0.25, 0.3) is 11.8 Å². The number of carbonyl (C=O) groups is 2. The summed E-state index contributed by atoms with van der Waals surface area (Å²) in [5.74, 6) is 0.0614. The lowest BCUT2D eigenvalue weighted by atomic mass is 9.95. The second-order valence-corrected chi connectivity index (χ2v) is 7.62. The van der Waals surface area contributed by atoms with Gasteiger partial charge in [-0.3, -0.25) is 9.59 Å². The lowest BCUT2D eigenvalue weighted by Gasteiger charge is -2.11. The first-order valence-electron chi connectivity index (χ1n) is 8.94. The van der Waals surface area contributed by atoms with Gasteiger partial charge in [0.05, 0.1) is 18.2 Å². The number of aromatic nitrogens is 1. The number of benzene rings is 1. The fourth-order valence-electron chi connectivity index (χ4n) is 3.44. The Morgan fingerprint density at radius 2 is 2.04 bits per heavy atom. The van der Waals surface area contributed by atoms with Crippen LogP contribution in [0.1, 0.15) is 44.1 Å². The highest BCUT2D eigenvalue weighted by atomic mass is 32.1. The number of aryl methyl sites for hydroxylation is 1. The van der Waals surface area contributed by atoms with Crippen LogP contribution >= 0.6 is 11.3 Å². The molecule has 0 atom stereocenters. The highest BCUT2D eigenvalue weighted by Crippen LogP contribution is 2.38. The van der Waals surface area contributed by atoms with Gasteiger partial charge in [0.2, 0.25) is 0 Å². The minimum absolute atomic E-state index is 0.114. The van der Waals surface area contributed by atoms with Crippen molar-refractivity contribution in [3.63, 3.8) is 0 Å². The molecule has 0 aliphatic heterocycles. The summed E-state index contributed by atoms with van der Waals surface area (Å²) in [6.07, 6.45) is 3.80. The second-order valence-electron chi connectivity index (χ2n) is 6.51. The van der Waals surface area contributed by atoms with E-state index in [4.69, 9.17) is 15.0 Å². The van der Waals surface area contributed by atoms with Crippen LogP contribution in [0.5, 0.6) is 5.75 Å². The Labute approximate surface area is 165 Å². The molecule has 0 spiro atoms. The molecule has 0 bridgehead atoms. The van der Waals surface area contributed by atoms with Crippen LogP contribution in [0, 0.1) is 0 Å². The largest absolute Gasteiger partial charge is 0.496 e. The molecule has 2 amide bonds. The molecule has 3 N–H and O–H groups in total. The summed E-state index contributed by atoms with van der Waals surface area (Å²) >= 11 is 1.41. The average molecular weight is 397 g/mol. The van der Waals surface area contributed by atoms with Gasteiger partial charge in [-0.25, -0.2) is 0 Å². The van der Waals surface area contributed by atoms with Gasteiger partial charge < -0.3 is 20.3 Å². The first-order valence-corrected chi connectivity index (χ1v) is 9.76. The molecule has 0 unspecified atom stereocenters. The van der Waals surface area contributed by atoms with E-state index in [0.717, 1.165) is 36.1 Å². The van der Waals surface area contributed by atoms with Crippen molar-refractivity contribution in [1.82, 2.24) is 5.16 Å². The Bertz CT molecular complexity index is 1050. The number of ether oxygens (including phenoxy) is 1. The molecule has 0 radical (unpaired) electrons. The molecule has 0 fully saturated rings. The number of hydrogen-bond donors (Lipinski definition) is 2. The molecule has 7 nitrogen and oxygen atoms in total. The summed E-state index contributed by atoms with van der Waals surface area (Å²) in [6.45, 7) is 0. The maximum Gasteiger partial charge on any atom is 0.278 e. The molecule has 0 saturated carbocycles. The minimum Gasteiger partial charge on any atom is -0.496 e. The van der Waals surface area contributed by atoms with Gasteiger partial charge in [-0.1, -0.05) is 17.3 Å². The molecule has 2 aromatic heterocycles. The predicted octanol–water partition coefficient (Wildman–Crippen LogP) is 3.64. The maximum atomic E-state index is 12.7. The number of nitrogens with zero attached hydrogens (tertiary/aromatic N) is 1. The highest BCUT2D eigenvalue weighted by Gasteiger charge is 2.26. The predicted molar refractivity (Wildman–Crippen MR) is 106 cm³/mol. The number of methoxy groups -OCH3 is 1. The third-order valence-corrected chi connectivity index (χ3v) is 5.97. The van der Waals surface area contributed by atoms with Crippen molar-refractivity contribution in [3.8, 4) is 17.1 Å². The number of para-hydroxylation sites is 1. The third-order valence-electron chi connectivity index (χ3n) is 4.76. The number of thiophene rings is 1.